The Kier molecular flexibility index (Phi) is 4.49. The van der Waals surface area contributed by atoms with Gasteiger partial charge in [-0.1, -0.05) is 59.4 Å². The van der Waals surface area contributed by atoms with E-state index in [0.717, 1.165) is 5.56 Å². The van der Waals surface area contributed by atoms with Gasteiger partial charge in [-0.25, -0.2) is 9.37 Å². The van der Waals surface area contributed by atoms with Crippen molar-refractivity contribution in [2.45, 2.75) is 17.3 Å². The van der Waals surface area contributed by atoms with Crippen LogP contribution in [0.4, 0.5) is 4.39 Å². The molecule has 0 saturated heterocycles. The van der Waals surface area contributed by atoms with Gasteiger partial charge in [0.1, 0.15) is 5.82 Å². The molecule has 0 unspecified atom stereocenters. The maximum atomic E-state index is 13.8. The number of nitrogens with one attached hydrogen (secondary N) is 1. The lowest BCUT2D eigenvalue weighted by Crippen LogP contribution is -1.90. The van der Waals surface area contributed by atoms with E-state index in [1.54, 1.807) is 18.2 Å². The van der Waals surface area contributed by atoms with Crippen molar-refractivity contribution < 1.29 is 8.91 Å². The number of benzene rings is 2. The van der Waals surface area contributed by atoms with Crippen molar-refractivity contribution in [3.63, 3.8) is 0 Å². The van der Waals surface area contributed by atoms with E-state index in [4.69, 9.17) is 4.52 Å². The van der Waals surface area contributed by atoms with Crippen LogP contribution in [0.15, 0.2) is 64.3 Å². The number of halogens is 1. The molecular weight excluding hydrogens is 353 g/mol. The Balaban J connectivity index is 1.50. The second-order valence-corrected chi connectivity index (χ2v) is 6.84. The molecule has 2 aromatic heterocycles. The summed E-state index contributed by atoms with van der Waals surface area (Å²) in [5.41, 5.74) is 1.27. The predicted molar refractivity (Wildman–Crippen MR) is 95.8 cm³/mol. The molecule has 0 aliphatic heterocycles. The van der Waals surface area contributed by atoms with Gasteiger partial charge in [0, 0.05) is 5.56 Å². The van der Waals surface area contributed by atoms with Crippen LogP contribution in [0.1, 0.15) is 18.1 Å². The molecule has 6 nitrogen and oxygen atoms in total. The van der Waals surface area contributed by atoms with Gasteiger partial charge < -0.3 is 4.52 Å². The summed E-state index contributed by atoms with van der Waals surface area (Å²) in [5.74, 6) is 1.05. The second kappa shape index (κ2) is 7.09. The molecule has 0 aliphatic rings. The Morgan fingerprint density at radius 2 is 1.81 bits per heavy atom. The van der Waals surface area contributed by atoms with Gasteiger partial charge in [-0.05, 0) is 19.1 Å². The molecule has 1 atom stereocenters. The lowest BCUT2D eigenvalue weighted by molar-refractivity contribution is 0.380. The van der Waals surface area contributed by atoms with Gasteiger partial charge in [-0.3, -0.25) is 5.10 Å². The van der Waals surface area contributed by atoms with Crippen LogP contribution in [0.5, 0.6) is 0 Å². The number of hydrogen-bond acceptors (Lipinski definition) is 6. The lowest BCUT2D eigenvalue weighted by Gasteiger charge is -2.01. The van der Waals surface area contributed by atoms with Crippen molar-refractivity contribution >= 4 is 11.8 Å². The standard InChI is InChI=1S/C18H14FN5OS/c1-11(17-20-15(24-25-17)12-7-3-2-4-8-12)26-18-21-16(22-23-18)13-9-5-6-10-14(13)19/h2-11H,1H3,(H,21,22,23)/t11-/m1/s1. The number of aromatic amines is 1. The molecule has 0 spiro atoms. The molecule has 0 fully saturated rings. The summed E-state index contributed by atoms with van der Waals surface area (Å²) < 4.78 is 19.2. The van der Waals surface area contributed by atoms with E-state index < -0.39 is 0 Å². The third-order valence-corrected chi connectivity index (χ3v) is 4.65. The fourth-order valence-electron chi connectivity index (χ4n) is 2.39. The smallest absolute Gasteiger partial charge is 0.240 e. The van der Waals surface area contributed by atoms with Gasteiger partial charge in [0.25, 0.3) is 0 Å². The fraction of sp³-hybridized carbons (Fsp3) is 0.111. The maximum absolute atomic E-state index is 13.8. The number of H-pyrrole nitrogens is 1. The van der Waals surface area contributed by atoms with Gasteiger partial charge in [0.15, 0.2) is 5.82 Å². The normalized spacial score (nSPS) is 12.2. The van der Waals surface area contributed by atoms with Gasteiger partial charge in [-0.2, -0.15) is 4.98 Å². The highest BCUT2D eigenvalue weighted by Crippen LogP contribution is 2.33. The minimum Gasteiger partial charge on any atom is -0.338 e. The molecule has 0 amide bonds. The van der Waals surface area contributed by atoms with Gasteiger partial charge in [-0.15, -0.1) is 5.10 Å². The summed E-state index contributed by atoms with van der Waals surface area (Å²) in [7, 11) is 0. The van der Waals surface area contributed by atoms with E-state index in [2.05, 4.69) is 25.3 Å². The third-order valence-electron chi connectivity index (χ3n) is 3.70. The molecule has 4 aromatic rings. The quantitative estimate of drug-likeness (QED) is 0.523. The zero-order valence-electron chi connectivity index (χ0n) is 13.8. The first kappa shape index (κ1) is 16.5. The molecular formula is C18H14FN5OS. The molecule has 1 N–H and O–H groups in total. The zero-order chi connectivity index (χ0) is 17.9. The van der Waals surface area contributed by atoms with Crippen LogP contribution >= 0.6 is 11.8 Å². The van der Waals surface area contributed by atoms with Crippen LogP contribution in [0.25, 0.3) is 22.8 Å². The second-order valence-electron chi connectivity index (χ2n) is 5.53. The molecule has 4 rings (SSSR count). The van der Waals surface area contributed by atoms with Gasteiger partial charge in [0.2, 0.25) is 16.9 Å². The topological polar surface area (TPSA) is 80.5 Å². The summed E-state index contributed by atoms with van der Waals surface area (Å²) in [6.07, 6.45) is 0. The van der Waals surface area contributed by atoms with Crippen LogP contribution in [0.2, 0.25) is 0 Å². The third kappa shape index (κ3) is 3.36. The first-order chi connectivity index (χ1) is 12.7. The van der Waals surface area contributed by atoms with E-state index >= 15 is 0 Å². The van der Waals surface area contributed by atoms with Crippen molar-refractivity contribution in [1.29, 1.82) is 0 Å². The number of aromatic nitrogens is 5. The first-order valence-electron chi connectivity index (χ1n) is 7.93. The van der Waals surface area contributed by atoms with E-state index in [-0.39, 0.29) is 11.1 Å². The van der Waals surface area contributed by atoms with Crippen LogP contribution < -0.4 is 0 Å². The van der Waals surface area contributed by atoms with Crippen LogP contribution in [0, 0.1) is 5.82 Å². The van der Waals surface area contributed by atoms with Crippen LogP contribution in [0.3, 0.4) is 0 Å². The lowest BCUT2D eigenvalue weighted by atomic mass is 10.2. The average Bonchev–Trinajstić information content (AvgIpc) is 3.33. The Morgan fingerprint density at radius 3 is 2.62 bits per heavy atom. The summed E-state index contributed by atoms with van der Waals surface area (Å²) in [6, 6.07) is 16.0. The predicted octanol–water partition coefficient (Wildman–Crippen LogP) is 4.51. The molecule has 2 aromatic carbocycles. The maximum Gasteiger partial charge on any atom is 0.240 e. The summed E-state index contributed by atoms with van der Waals surface area (Å²) in [5, 5.41) is 11.2. The number of thioether (sulfide) groups is 1. The molecule has 130 valence electrons. The van der Waals surface area contributed by atoms with Crippen molar-refractivity contribution in [2.24, 2.45) is 0 Å². The Morgan fingerprint density at radius 1 is 1.04 bits per heavy atom. The van der Waals surface area contributed by atoms with E-state index in [1.807, 2.05) is 37.3 Å². The Bertz CT molecular complexity index is 1020. The number of rotatable bonds is 5. The molecule has 8 heteroatoms. The summed E-state index contributed by atoms with van der Waals surface area (Å²) >= 11 is 1.35. The van der Waals surface area contributed by atoms with Gasteiger partial charge in [0.05, 0.1) is 10.8 Å². The first-order valence-corrected chi connectivity index (χ1v) is 8.81. The Hall–Kier alpha value is -3.00. The molecule has 0 bridgehead atoms. The Labute approximate surface area is 152 Å². The summed E-state index contributed by atoms with van der Waals surface area (Å²) in [6.45, 7) is 1.92. The molecule has 0 saturated carbocycles. The van der Waals surface area contributed by atoms with E-state index in [9.17, 15) is 4.39 Å². The fourth-order valence-corrected chi connectivity index (χ4v) is 3.14. The highest BCUT2D eigenvalue weighted by atomic mass is 32.2. The highest BCUT2D eigenvalue weighted by molar-refractivity contribution is 7.99. The average molecular weight is 367 g/mol. The SMILES string of the molecule is C[C@@H](Sc1n[nH]c(-c2ccccc2F)n1)c1nc(-c2ccccc2)no1. The zero-order valence-corrected chi connectivity index (χ0v) is 14.6. The molecule has 0 aliphatic carbocycles. The highest BCUT2D eigenvalue weighted by Gasteiger charge is 2.19. The van der Waals surface area contributed by atoms with E-state index in [0.29, 0.717) is 28.3 Å². The number of nitrogens with zero attached hydrogens (tertiary/aromatic N) is 4. The molecule has 26 heavy (non-hydrogen) atoms. The van der Waals surface area contributed by atoms with Crippen molar-refractivity contribution in [1.82, 2.24) is 25.3 Å². The van der Waals surface area contributed by atoms with E-state index in [1.165, 1.54) is 17.8 Å². The summed E-state index contributed by atoms with van der Waals surface area (Å²) in [4.78, 5) is 8.77. The minimum absolute atomic E-state index is 0.149. The monoisotopic (exact) mass is 367 g/mol. The van der Waals surface area contributed by atoms with Crippen molar-refractivity contribution in [3.8, 4) is 22.8 Å². The van der Waals surface area contributed by atoms with Crippen molar-refractivity contribution in [3.05, 3.63) is 66.3 Å². The van der Waals surface area contributed by atoms with Crippen LogP contribution in [-0.2, 0) is 0 Å². The molecule has 0 radical (unpaired) electrons. The van der Waals surface area contributed by atoms with Gasteiger partial charge >= 0.3 is 0 Å². The van der Waals surface area contributed by atoms with Crippen molar-refractivity contribution in [2.75, 3.05) is 0 Å². The minimum atomic E-state index is -0.349. The number of hydrogen-bond donors (Lipinski definition) is 1. The van der Waals surface area contributed by atoms with Crippen LogP contribution in [-0.4, -0.2) is 25.3 Å². The molecule has 2 heterocycles. The largest absolute Gasteiger partial charge is 0.338 e.